The highest BCUT2D eigenvalue weighted by Crippen LogP contribution is 2.14. The lowest BCUT2D eigenvalue weighted by Gasteiger charge is -2.01. The SMILES string of the molecule is C/C(=C/COC(=O)C=[N+]=[N-])CCCc1cccs1. The smallest absolute Gasteiger partial charge is 0.413 e. The zero-order chi connectivity index (χ0) is 13.2. The topological polar surface area (TPSA) is 62.7 Å². The van der Waals surface area contributed by atoms with Crippen LogP contribution in [0.25, 0.3) is 5.53 Å². The number of hydrogen-bond donors (Lipinski definition) is 0. The predicted octanol–water partition coefficient (Wildman–Crippen LogP) is 2.86. The first-order valence-corrected chi connectivity index (χ1v) is 6.62. The first-order chi connectivity index (χ1) is 8.72. The average Bonchev–Trinajstić information content (AvgIpc) is 2.82. The fourth-order valence-electron chi connectivity index (χ4n) is 1.45. The molecule has 4 nitrogen and oxygen atoms in total. The van der Waals surface area contributed by atoms with Gasteiger partial charge in [-0.3, -0.25) is 0 Å². The molecule has 0 aromatic carbocycles. The molecule has 0 saturated heterocycles. The Morgan fingerprint density at radius 2 is 2.44 bits per heavy atom. The lowest BCUT2D eigenvalue weighted by atomic mass is 10.1. The minimum Gasteiger partial charge on any atom is -0.453 e. The summed E-state index contributed by atoms with van der Waals surface area (Å²) in [4.78, 5) is 14.8. The second-order valence-corrected chi connectivity index (χ2v) is 4.89. The van der Waals surface area contributed by atoms with E-state index in [1.165, 1.54) is 10.5 Å². The number of aryl methyl sites for hydroxylation is 1. The number of rotatable bonds is 7. The summed E-state index contributed by atoms with van der Waals surface area (Å²) in [7, 11) is 0. The molecule has 0 atom stereocenters. The normalized spacial score (nSPS) is 10.8. The Labute approximate surface area is 111 Å². The first-order valence-electron chi connectivity index (χ1n) is 5.74. The second-order valence-electron chi connectivity index (χ2n) is 3.86. The third kappa shape index (κ3) is 6.13. The van der Waals surface area contributed by atoms with Crippen molar-refractivity contribution in [3.8, 4) is 0 Å². The van der Waals surface area contributed by atoms with Crippen LogP contribution in [0, 0.1) is 0 Å². The van der Waals surface area contributed by atoms with E-state index in [4.69, 9.17) is 10.3 Å². The molecule has 0 N–H and O–H groups in total. The molecule has 1 aromatic rings. The molecule has 18 heavy (non-hydrogen) atoms. The molecule has 0 aliphatic rings. The van der Waals surface area contributed by atoms with Gasteiger partial charge in [0.2, 0.25) is 0 Å². The maximum Gasteiger partial charge on any atom is 0.413 e. The fraction of sp³-hybridized carbons (Fsp3) is 0.385. The highest BCUT2D eigenvalue weighted by atomic mass is 32.1. The van der Waals surface area contributed by atoms with Crippen molar-refractivity contribution in [3.63, 3.8) is 0 Å². The number of allylic oxidation sites excluding steroid dienone is 1. The summed E-state index contributed by atoms with van der Waals surface area (Å²) in [5.74, 6) is -0.639. The molecule has 0 unspecified atom stereocenters. The molecule has 1 heterocycles. The summed E-state index contributed by atoms with van der Waals surface area (Å²) >= 11 is 1.77. The molecular weight excluding hydrogens is 248 g/mol. The summed E-state index contributed by atoms with van der Waals surface area (Å²) in [5, 5.41) is 2.08. The highest BCUT2D eigenvalue weighted by Gasteiger charge is 2.01. The van der Waals surface area contributed by atoms with Gasteiger partial charge in [0.1, 0.15) is 6.61 Å². The Balaban J connectivity index is 2.17. The maximum atomic E-state index is 10.8. The summed E-state index contributed by atoms with van der Waals surface area (Å²) in [6, 6.07) is 4.20. The van der Waals surface area contributed by atoms with Crippen LogP contribution in [0.2, 0.25) is 0 Å². The molecule has 0 spiro atoms. The molecule has 96 valence electrons. The minimum absolute atomic E-state index is 0.218. The van der Waals surface area contributed by atoms with E-state index in [0.29, 0.717) is 0 Å². The van der Waals surface area contributed by atoms with Crippen molar-refractivity contribution in [1.29, 1.82) is 0 Å². The van der Waals surface area contributed by atoms with E-state index in [1.54, 1.807) is 11.3 Å². The van der Waals surface area contributed by atoms with Gasteiger partial charge >= 0.3 is 12.2 Å². The van der Waals surface area contributed by atoms with Crippen LogP contribution in [0.15, 0.2) is 29.2 Å². The lowest BCUT2D eigenvalue weighted by Crippen LogP contribution is -2.06. The zero-order valence-corrected chi connectivity index (χ0v) is 11.2. The molecular formula is C13H16N2O2S. The van der Waals surface area contributed by atoms with Crippen LogP contribution in [-0.2, 0) is 16.0 Å². The molecule has 0 aliphatic heterocycles. The molecule has 0 aliphatic carbocycles. The molecule has 1 rings (SSSR count). The Morgan fingerprint density at radius 1 is 1.61 bits per heavy atom. The minimum atomic E-state index is -0.639. The zero-order valence-electron chi connectivity index (χ0n) is 10.3. The van der Waals surface area contributed by atoms with Crippen molar-refractivity contribution in [2.24, 2.45) is 0 Å². The van der Waals surface area contributed by atoms with E-state index < -0.39 is 5.97 Å². The van der Waals surface area contributed by atoms with Crippen LogP contribution in [0.4, 0.5) is 0 Å². The molecule has 0 amide bonds. The second kappa shape index (κ2) is 8.39. The van der Waals surface area contributed by atoms with Gasteiger partial charge in [-0.1, -0.05) is 11.6 Å². The number of thiophene rings is 1. The van der Waals surface area contributed by atoms with Crippen molar-refractivity contribution < 1.29 is 14.3 Å². The third-order valence-corrected chi connectivity index (χ3v) is 3.33. The van der Waals surface area contributed by atoms with E-state index in [9.17, 15) is 4.79 Å². The van der Waals surface area contributed by atoms with Crippen LogP contribution >= 0.6 is 11.3 Å². The van der Waals surface area contributed by atoms with Crippen LogP contribution < -0.4 is 0 Å². The molecule has 0 bridgehead atoms. The summed E-state index contributed by atoms with van der Waals surface area (Å²) in [5.41, 5.74) is 9.30. The van der Waals surface area contributed by atoms with Gasteiger partial charge in [0.15, 0.2) is 0 Å². The van der Waals surface area contributed by atoms with E-state index in [0.717, 1.165) is 25.5 Å². The van der Waals surface area contributed by atoms with Crippen molar-refractivity contribution in [1.82, 2.24) is 0 Å². The Bertz CT molecular complexity index is 446. The number of carbonyl (C=O) groups is 1. The Kier molecular flexibility index (Phi) is 6.69. The predicted molar refractivity (Wildman–Crippen MR) is 71.7 cm³/mol. The molecule has 0 radical (unpaired) electrons. The lowest BCUT2D eigenvalue weighted by molar-refractivity contribution is -0.137. The van der Waals surface area contributed by atoms with Crippen molar-refractivity contribution >= 4 is 23.5 Å². The summed E-state index contributed by atoms with van der Waals surface area (Å²) < 4.78 is 4.78. The number of carbonyl (C=O) groups excluding carboxylic acids is 1. The number of ether oxygens (including phenoxy) is 1. The fourth-order valence-corrected chi connectivity index (χ4v) is 2.20. The number of hydrogen-bond acceptors (Lipinski definition) is 3. The van der Waals surface area contributed by atoms with Gasteiger partial charge in [-0.2, -0.15) is 4.79 Å². The van der Waals surface area contributed by atoms with Gasteiger partial charge < -0.3 is 10.3 Å². The highest BCUT2D eigenvalue weighted by molar-refractivity contribution is 7.09. The Hall–Kier alpha value is -1.71. The molecule has 0 fully saturated rings. The van der Waals surface area contributed by atoms with E-state index in [1.807, 2.05) is 13.0 Å². The Morgan fingerprint density at radius 3 is 3.11 bits per heavy atom. The maximum absolute atomic E-state index is 10.8. The van der Waals surface area contributed by atoms with Crippen molar-refractivity contribution in [2.75, 3.05) is 6.61 Å². The number of esters is 1. The molecule has 1 aromatic heterocycles. The van der Waals surface area contributed by atoms with Crippen molar-refractivity contribution in [2.45, 2.75) is 26.2 Å². The third-order valence-electron chi connectivity index (χ3n) is 2.39. The van der Waals surface area contributed by atoms with E-state index in [2.05, 4.69) is 22.3 Å². The largest absolute Gasteiger partial charge is 0.453 e. The van der Waals surface area contributed by atoms with Crippen LogP contribution in [-0.4, -0.2) is 23.6 Å². The van der Waals surface area contributed by atoms with Gasteiger partial charge in [-0.25, -0.2) is 4.79 Å². The summed E-state index contributed by atoms with van der Waals surface area (Å²) in [6.07, 6.45) is 5.77. The summed E-state index contributed by atoms with van der Waals surface area (Å²) in [6.45, 7) is 2.23. The van der Waals surface area contributed by atoms with E-state index in [-0.39, 0.29) is 6.61 Å². The standard InChI is InChI=1S/C13H16N2O2S/c1-11(7-8-17-13(16)10-15-14)4-2-5-12-6-3-9-18-12/h3,6-7,9-10H,2,4-5,8H2,1H3/b11-7-. The molecule has 0 saturated carbocycles. The van der Waals surface area contributed by atoms with Gasteiger partial charge in [0.05, 0.1) is 0 Å². The first kappa shape index (κ1) is 14.4. The quantitative estimate of drug-likeness (QED) is 0.250. The van der Waals surface area contributed by atoms with Crippen LogP contribution in [0.3, 0.4) is 0 Å². The van der Waals surface area contributed by atoms with Gasteiger partial charge in [-0.15, -0.1) is 11.3 Å². The van der Waals surface area contributed by atoms with Crippen LogP contribution in [0.5, 0.6) is 0 Å². The van der Waals surface area contributed by atoms with Gasteiger partial charge in [0.25, 0.3) is 0 Å². The van der Waals surface area contributed by atoms with Gasteiger partial charge in [0, 0.05) is 4.88 Å². The van der Waals surface area contributed by atoms with E-state index >= 15 is 0 Å². The monoisotopic (exact) mass is 264 g/mol. The van der Waals surface area contributed by atoms with Gasteiger partial charge in [-0.05, 0) is 43.7 Å². The average molecular weight is 264 g/mol. The van der Waals surface area contributed by atoms with Crippen molar-refractivity contribution in [3.05, 3.63) is 39.6 Å². The number of nitrogens with zero attached hydrogens (tertiary/aromatic N) is 2. The van der Waals surface area contributed by atoms with Crippen LogP contribution in [0.1, 0.15) is 24.6 Å². The molecule has 5 heteroatoms.